The molecule has 1 saturated heterocycles. The van der Waals surface area contributed by atoms with Crippen LogP contribution in [-0.2, 0) is 0 Å². The van der Waals surface area contributed by atoms with Gasteiger partial charge in [0.05, 0.1) is 12.2 Å². The summed E-state index contributed by atoms with van der Waals surface area (Å²) in [5.74, 6) is 1.22. The lowest BCUT2D eigenvalue weighted by atomic mass is 9.71. The number of nitrogens with zero attached hydrogens (tertiary/aromatic N) is 1. The van der Waals surface area contributed by atoms with E-state index < -0.39 is 5.60 Å². The van der Waals surface area contributed by atoms with E-state index in [0.29, 0.717) is 12.5 Å². The molecule has 116 valence electrons. The van der Waals surface area contributed by atoms with Gasteiger partial charge in [-0.3, -0.25) is 0 Å². The third-order valence-electron chi connectivity index (χ3n) is 5.02. The molecule has 1 saturated carbocycles. The Hall–Kier alpha value is -1.42. The van der Waals surface area contributed by atoms with Gasteiger partial charge in [-0.05, 0) is 32.3 Å². The van der Waals surface area contributed by atoms with Gasteiger partial charge in [-0.1, -0.05) is 12.8 Å². The summed E-state index contributed by atoms with van der Waals surface area (Å²) in [6.07, 6.45) is 5.36. The molecule has 0 bridgehead atoms. The van der Waals surface area contributed by atoms with Crippen molar-refractivity contribution in [2.75, 3.05) is 30.3 Å². The predicted octanol–water partition coefficient (Wildman–Crippen LogP) is 2.80. The summed E-state index contributed by atoms with van der Waals surface area (Å²) in [5, 5.41) is 10.8. The Kier molecular flexibility index (Phi) is 3.98. The molecule has 0 spiro atoms. The Morgan fingerprint density at radius 1 is 1.33 bits per heavy atom. The predicted molar refractivity (Wildman–Crippen MR) is 85.8 cm³/mol. The monoisotopic (exact) mass is 290 g/mol. The molecule has 2 fully saturated rings. The number of piperidine rings is 1. The van der Waals surface area contributed by atoms with Crippen LogP contribution in [0.2, 0.25) is 0 Å². The minimum absolute atomic E-state index is 0.386. The van der Waals surface area contributed by atoms with E-state index in [-0.39, 0.29) is 0 Å². The Bertz CT molecular complexity index is 506. The van der Waals surface area contributed by atoms with Gasteiger partial charge in [-0.15, -0.1) is 0 Å². The van der Waals surface area contributed by atoms with Crippen molar-refractivity contribution in [1.29, 1.82) is 0 Å². The average molecular weight is 290 g/mol. The zero-order chi connectivity index (χ0) is 14.9. The second kappa shape index (κ2) is 5.76. The Morgan fingerprint density at radius 2 is 2.19 bits per heavy atom. The highest BCUT2D eigenvalue weighted by atomic mass is 16.5. The Balaban J connectivity index is 1.78. The summed E-state index contributed by atoms with van der Waals surface area (Å²) in [6.45, 7) is 4.44. The second-order valence-corrected chi connectivity index (χ2v) is 6.44. The smallest absolute Gasteiger partial charge is 0.123 e. The molecule has 1 aromatic rings. The van der Waals surface area contributed by atoms with Crippen molar-refractivity contribution in [3.63, 3.8) is 0 Å². The van der Waals surface area contributed by atoms with E-state index >= 15 is 0 Å². The van der Waals surface area contributed by atoms with E-state index in [1.807, 2.05) is 19.1 Å². The lowest BCUT2D eigenvalue weighted by Gasteiger charge is -2.48. The highest BCUT2D eigenvalue weighted by molar-refractivity contribution is 5.61. The van der Waals surface area contributed by atoms with E-state index in [2.05, 4.69) is 11.0 Å². The van der Waals surface area contributed by atoms with E-state index in [1.54, 1.807) is 0 Å². The first-order valence-electron chi connectivity index (χ1n) is 8.11. The number of nitrogen functional groups attached to an aromatic ring is 1. The highest BCUT2D eigenvalue weighted by Crippen LogP contribution is 2.41. The van der Waals surface area contributed by atoms with Gasteiger partial charge < -0.3 is 20.5 Å². The molecule has 3 rings (SSSR count). The molecule has 2 atom stereocenters. The van der Waals surface area contributed by atoms with Crippen molar-refractivity contribution in [3.8, 4) is 5.75 Å². The van der Waals surface area contributed by atoms with Crippen molar-refractivity contribution < 1.29 is 9.84 Å². The number of hydrogen-bond acceptors (Lipinski definition) is 4. The lowest BCUT2D eigenvalue weighted by Crippen LogP contribution is -2.53. The first kappa shape index (κ1) is 14.5. The van der Waals surface area contributed by atoms with Crippen LogP contribution in [-0.4, -0.2) is 30.4 Å². The van der Waals surface area contributed by atoms with E-state index in [1.165, 1.54) is 12.8 Å². The van der Waals surface area contributed by atoms with Gasteiger partial charge in [0.15, 0.2) is 0 Å². The molecule has 0 radical (unpaired) electrons. The molecule has 4 nitrogen and oxygen atoms in total. The van der Waals surface area contributed by atoms with Gasteiger partial charge in [0, 0.05) is 42.5 Å². The molecule has 2 unspecified atom stereocenters. The summed E-state index contributed by atoms with van der Waals surface area (Å²) < 4.78 is 5.59. The Labute approximate surface area is 126 Å². The lowest BCUT2D eigenvalue weighted by molar-refractivity contribution is -0.0612. The largest absolute Gasteiger partial charge is 0.494 e. The zero-order valence-electron chi connectivity index (χ0n) is 12.8. The van der Waals surface area contributed by atoms with Crippen LogP contribution in [0.15, 0.2) is 18.2 Å². The number of aliphatic hydroxyl groups is 1. The summed E-state index contributed by atoms with van der Waals surface area (Å²) >= 11 is 0. The molecule has 1 heterocycles. The molecule has 0 amide bonds. The summed E-state index contributed by atoms with van der Waals surface area (Å²) in [5.41, 5.74) is 7.42. The summed E-state index contributed by atoms with van der Waals surface area (Å²) in [6, 6.07) is 5.94. The quantitative estimate of drug-likeness (QED) is 0.840. The maximum atomic E-state index is 10.8. The third-order valence-corrected chi connectivity index (χ3v) is 5.02. The fraction of sp³-hybridized carbons (Fsp3) is 0.647. The minimum atomic E-state index is -0.433. The van der Waals surface area contributed by atoms with Crippen LogP contribution in [0, 0.1) is 5.92 Å². The third kappa shape index (κ3) is 2.95. The summed E-state index contributed by atoms with van der Waals surface area (Å²) in [7, 11) is 0. The van der Waals surface area contributed by atoms with Crippen LogP contribution in [0.5, 0.6) is 5.75 Å². The van der Waals surface area contributed by atoms with Crippen LogP contribution in [0.3, 0.4) is 0 Å². The molecular formula is C17H26N2O2. The van der Waals surface area contributed by atoms with Crippen molar-refractivity contribution in [3.05, 3.63) is 18.2 Å². The zero-order valence-corrected chi connectivity index (χ0v) is 12.8. The standard InChI is InChI=1S/C17H26N2O2/c1-2-21-16-10-14(18)9-15(11-16)19-8-7-17(20)6-4-3-5-13(17)12-19/h9-11,13,20H,2-8,12,18H2,1H3. The van der Waals surface area contributed by atoms with E-state index in [4.69, 9.17) is 10.5 Å². The molecule has 21 heavy (non-hydrogen) atoms. The van der Waals surface area contributed by atoms with Crippen LogP contribution < -0.4 is 15.4 Å². The van der Waals surface area contributed by atoms with Crippen molar-refractivity contribution in [1.82, 2.24) is 0 Å². The maximum Gasteiger partial charge on any atom is 0.123 e. The molecule has 4 heteroatoms. The highest BCUT2D eigenvalue weighted by Gasteiger charge is 2.42. The van der Waals surface area contributed by atoms with E-state index in [0.717, 1.165) is 49.5 Å². The van der Waals surface area contributed by atoms with Crippen molar-refractivity contribution in [2.45, 2.75) is 44.6 Å². The SMILES string of the molecule is CCOc1cc(N)cc(N2CCC3(O)CCCCC3C2)c1. The van der Waals surface area contributed by atoms with Gasteiger partial charge >= 0.3 is 0 Å². The first-order valence-corrected chi connectivity index (χ1v) is 8.11. The van der Waals surface area contributed by atoms with Crippen molar-refractivity contribution >= 4 is 11.4 Å². The molecule has 1 aliphatic carbocycles. The Morgan fingerprint density at radius 3 is 3.00 bits per heavy atom. The molecule has 2 aliphatic rings. The number of hydrogen-bond donors (Lipinski definition) is 2. The van der Waals surface area contributed by atoms with Crippen LogP contribution in [0.4, 0.5) is 11.4 Å². The molecule has 1 aromatic carbocycles. The van der Waals surface area contributed by atoms with Gasteiger partial charge in [-0.2, -0.15) is 0 Å². The van der Waals surface area contributed by atoms with Gasteiger partial charge in [0.25, 0.3) is 0 Å². The molecule has 3 N–H and O–H groups in total. The number of benzene rings is 1. The number of ether oxygens (including phenoxy) is 1. The first-order chi connectivity index (χ1) is 10.1. The fourth-order valence-electron chi connectivity index (χ4n) is 3.84. The maximum absolute atomic E-state index is 10.8. The number of fused-ring (bicyclic) bond motifs is 1. The van der Waals surface area contributed by atoms with Crippen LogP contribution in [0.25, 0.3) is 0 Å². The second-order valence-electron chi connectivity index (χ2n) is 6.44. The average Bonchev–Trinajstić information content (AvgIpc) is 2.46. The number of anilines is 2. The molecule has 0 aromatic heterocycles. The number of nitrogens with two attached hydrogens (primary N) is 1. The normalized spacial score (nSPS) is 29.0. The van der Waals surface area contributed by atoms with Crippen LogP contribution >= 0.6 is 0 Å². The molecule has 1 aliphatic heterocycles. The van der Waals surface area contributed by atoms with E-state index in [9.17, 15) is 5.11 Å². The summed E-state index contributed by atoms with van der Waals surface area (Å²) in [4.78, 5) is 2.35. The van der Waals surface area contributed by atoms with Crippen molar-refractivity contribution in [2.24, 2.45) is 5.92 Å². The topological polar surface area (TPSA) is 58.7 Å². The molecular weight excluding hydrogens is 264 g/mol. The minimum Gasteiger partial charge on any atom is -0.494 e. The fourth-order valence-corrected chi connectivity index (χ4v) is 3.84. The van der Waals surface area contributed by atoms with Gasteiger partial charge in [0.1, 0.15) is 5.75 Å². The van der Waals surface area contributed by atoms with Crippen LogP contribution in [0.1, 0.15) is 39.0 Å². The number of rotatable bonds is 3. The van der Waals surface area contributed by atoms with Gasteiger partial charge in [-0.25, -0.2) is 0 Å². The van der Waals surface area contributed by atoms with Gasteiger partial charge in [0.2, 0.25) is 0 Å².